The number of carbonyl (C=O) groups excluding carboxylic acids is 1. The summed E-state index contributed by atoms with van der Waals surface area (Å²) in [5.41, 5.74) is 1.95. The molecule has 122 valence electrons. The van der Waals surface area contributed by atoms with E-state index < -0.39 is 6.10 Å². The van der Waals surface area contributed by atoms with Crippen LogP contribution in [0.15, 0.2) is 30.5 Å². The zero-order valence-electron chi connectivity index (χ0n) is 13.0. The lowest BCUT2D eigenvalue weighted by Crippen LogP contribution is -2.33. The molecule has 1 atom stereocenters. The minimum absolute atomic E-state index is 0.241. The Morgan fingerprint density at radius 2 is 2.13 bits per heavy atom. The molecule has 0 radical (unpaired) electrons. The van der Waals surface area contributed by atoms with Crippen molar-refractivity contribution >= 4 is 5.91 Å². The van der Waals surface area contributed by atoms with Crippen molar-refractivity contribution in [1.29, 1.82) is 0 Å². The Morgan fingerprint density at radius 1 is 1.43 bits per heavy atom. The van der Waals surface area contributed by atoms with E-state index in [2.05, 4.69) is 10.4 Å². The first-order valence-corrected chi connectivity index (χ1v) is 7.89. The number of aliphatic hydroxyl groups excluding tert-OH is 1. The Balaban J connectivity index is 1.77. The summed E-state index contributed by atoms with van der Waals surface area (Å²) in [7, 11) is 0. The lowest BCUT2D eigenvalue weighted by Gasteiger charge is -2.11. The lowest BCUT2D eigenvalue weighted by atomic mass is 10.1. The number of nitrogens with one attached hydrogen (secondary N) is 1. The molecular weight excluding hydrogens is 297 g/mol. The molecule has 1 amide bonds. The molecule has 1 aliphatic rings. The van der Waals surface area contributed by atoms with Crippen LogP contribution in [-0.2, 0) is 6.42 Å². The first-order valence-electron chi connectivity index (χ1n) is 7.89. The number of nitrogens with zero attached hydrogens (tertiary/aromatic N) is 2. The van der Waals surface area contributed by atoms with E-state index >= 15 is 0 Å². The number of aliphatic hydroxyl groups is 1. The molecule has 2 aromatic rings. The van der Waals surface area contributed by atoms with E-state index in [0.717, 1.165) is 18.5 Å². The number of hydrogen-bond acceptors (Lipinski definition) is 3. The predicted molar refractivity (Wildman–Crippen MR) is 84.0 cm³/mol. The summed E-state index contributed by atoms with van der Waals surface area (Å²) in [6, 6.07) is 5.98. The van der Waals surface area contributed by atoms with Crippen LogP contribution in [0.5, 0.6) is 0 Å². The zero-order valence-corrected chi connectivity index (χ0v) is 13.0. The average molecular weight is 317 g/mol. The van der Waals surface area contributed by atoms with Crippen molar-refractivity contribution in [2.45, 2.75) is 32.3 Å². The molecule has 1 aromatic carbocycles. The van der Waals surface area contributed by atoms with Crippen molar-refractivity contribution in [3.8, 4) is 5.69 Å². The maximum Gasteiger partial charge on any atom is 0.254 e. The number of amides is 1. The van der Waals surface area contributed by atoms with Crippen LogP contribution in [-0.4, -0.2) is 33.4 Å². The van der Waals surface area contributed by atoms with E-state index in [0.29, 0.717) is 23.6 Å². The number of halogens is 1. The second-order valence-corrected chi connectivity index (χ2v) is 5.86. The van der Waals surface area contributed by atoms with Crippen molar-refractivity contribution in [1.82, 2.24) is 15.1 Å². The topological polar surface area (TPSA) is 67.2 Å². The lowest BCUT2D eigenvalue weighted by molar-refractivity contribution is 0.0900. The van der Waals surface area contributed by atoms with E-state index in [4.69, 9.17) is 0 Å². The van der Waals surface area contributed by atoms with Crippen LogP contribution in [0.1, 0.15) is 35.8 Å². The SMILES string of the molecule is CCc1c(C(=O)NC[C@@H](O)C2CC2)cnn1-c1ccc(F)cc1. The smallest absolute Gasteiger partial charge is 0.254 e. The van der Waals surface area contributed by atoms with Crippen LogP contribution < -0.4 is 5.32 Å². The van der Waals surface area contributed by atoms with Crippen LogP contribution in [0.3, 0.4) is 0 Å². The van der Waals surface area contributed by atoms with Gasteiger partial charge >= 0.3 is 0 Å². The summed E-state index contributed by atoms with van der Waals surface area (Å²) in [5, 5.41) is 16.9. The highest BCUT2D eigenvalue weighted by Crippen LogP contribution is 2.32. The van der Waals surface area contributed by atoms with Gasteiger partial charge in [0.15, 0.2) is 0 Å². The van der Waals surface area contributed by atoms with E-state index in [-0.39, 0.29) is 18.3 Å². The molecular formula is C17H20FN3O2. The van der Waals surface area contributed by atoms with Gasteiger partial charge in [-0.05, 0) is 49.4 Å². The van der Waals surface area contributed by atoms with Crippen molar-refractivity contribution in [3.05, 3.63) is 47.5 Å². The van der Waals surface area contributed by atoms with E-state index in [1.807, 2.05) is 6.92 Å². The number of hydrogen-bond donors (Lipinski definition) is 2. The Labute approximate surface area is 134 Å². The van der Waals surface area contributed by atoms with Crippen LogP contribution in [0.2, 0.25) is 0 Å². The van der Waals surface area contributed by atoms with Gasteiger partial charge in [0.1, 0.15) is 5.82 Å². The minimum Gasteiger partial charge on any atom is -0.391 e. The minimum atomic E-state index is -0.476. The molecule has 1 fully saturated rings. The standard InChI is InChI=1S/C17H20FN3O2/c1-2-15-14(17(23)19-10-16(22)11-3-4-11)9-20-21(15)13-7-5-12(18)6-8-13/h5-9,11,16,22H,2-4,10H2,1H3,(H,19,23)/t16-/m1/s1. The number of rotatable bonds is 6. The van der Waals surface area contributed by atoms with Gasteiger partial charge in [-0.2, -0.15) is 5.10 Å². The molecule has 0 bridgehead atoms. The van der Waals surface area contributed by atoms with Crippen LogP contribution in [0.4, 0.5) is 4.39 Å². The van der Waals surface area contributed by atoms with Crippen molar-refractivity contribution in [3.63, 3.8) is 0 Å². The molecule has 0 aliphatic heterocycles. The summed E-state index contributed by atoms with van der Waals surface area (Å²) in [6.07, 6.45) is 3.71. The highest BCUT2D eigenvalue weighted by Gasteiger charge is 2.30. The maximum atomic E-state index is 13.0. The van der Waals surface area contributed by atoms with E-state index in [1.165, 1.54) is 18.3 Å². The van der Waals surface area contributed by atoms with Crippen LogP contribution in [0, 0.1) is 11.7 Å². The highest BCUT2D eigenvalue weighted by molar-refractivity contribution is 5.95. The van der Waals surface area contributed by atoms with Gasteiger partial charge < -0.3 is 10.4 Å². The Bertz CT molecular complexity index is 692. The van der Waals surface area contributed by atoms with Gasteiger partial charge in [-0.25, -0.2) is 9.07 Å². The van der Waals surface area contributed by atoms with Crippen molar-refractivity contribution < 1.29 is 14.3 Å². The fourth-order valence-corrected chi connectivity index (χ4v) is 2.65. The quantitative estimate of drug-likeness (QED) is 0.857. The van der Waals surface area contributed by atoms with Gasteiger partial charge in [0.05, 0.1) is 29.2 Å². The second kappa shape index (κ2) is 6.50. The Morgan fingerprint density at radius 3 is 2.74 bits per heavy atom. The molecule has 6 heteroatoms. The summed E-state index contributed by atoms with van der Waals surface area (Å²) in [5.74, 6) is -0.233. The predicted octanol–water partition coefficient (Wildman–Crippen LogP) is 2.07. The average Bonchev–Trinajstić information content (AvgIpc) is 3.32. The molecule has 0 saturated heterocycles. The third kappa shape index (κ3) is 3.42. The largest absolute Gasteiger partial charge is 0.391 e. The van der Waals surface area contributed by atoms with Gasteiger partial charge in [-0.3, -0.25) is 4.79 Å². The first kappa shape index (κ1) is 15.7. The molecule has 1 aromatic heterocycles. The van der Waals surface area contributed by atoms with Crippen LogP contribution in [0.25, 0.3) is 5.69 Å². The summed E-state index contributed by atoms with van der Waals surface area (Å²) in [6.45, 7) is 2.20. The van der Waals surface area contributed by atoms with E-state index in [9.17, 15) is 14.3 Å². The summed E-state index contributed by atoms with van der Waals surface area (Å²) >= 11 is 0. The van der Waals surface area contributed by atoms with Crippen LogP contribution >= 0.6 is 0 Å². The molecule has 1 aliphatic carbocycles. The zero-order chi connectivity index (χ0) is 16.4. The normalized spacial score (nSPS) is 15.4. The molecule has 1 saturated carbocycles. The number of benzene rings is 1. The summed E-state index contributed by atoms with van der Waals surface area (Å²) in [4.78, 5) is 12.3. The number of aromatic nitrogens is 2. The molecule has 1 heterocycles. The molecule has 23 heavy (non-hydrogen) atoms. The molecule has 5 nitrogen and oxygen atoms in total. The third-order valence-electron chi connectivity index (χ3n) is 4.16. The highest BCUT2D eigenvalue weighted by atomic mass is 19.1. The first-order chi connectivity index (χ1) is 11.1. The molecule has 0 unspecified atom stereocenters. The fourth-order valence-electron chi connectivity index (χ4n) is 2.65. The van der Waals surface area contributed by atoms with Crippen molar-refractivity contribution in [2.75, 3.05) is 6.54 Å². The maximum absolute atomic E-state index is 13.0. The van der Waals surface area contributed by atoms with Gasteiger partial charge in [0.25, 0.3) is 5.91 Å². The van der Waals surface area contributed by atoms with Gasteiger partial charge in [-0.1, -0.05) is 6.92 Å². The van der Waals surface area contributed by atoms with Gasteiger partial charge in [-0.15, -0.1) is 0 Å². The monoisotopic (exact) mass is 317 g/mol. The summed E-state index contributed by atoms with van der Waals surface area (Å²) < 4.78 is 14.7. The Hall–Kier alpha value is -2.21. The van der Waals surface area contributed by atoms with Crippen molar-refractivity contribution in [2.24, 2.45) is 5.92 Å². The third-order valence-corrected chi connectivity index (χ3v) is 4.16. The molecule has 0 spiro atoms. The van der Waals surface area contributed by atoms with E-state index in [1.54, 1.807) is 16.8 Å². The molecule has 2 N–H and O–H groups in total. The fraction of sp³-hybridized carbons (Fsp3) is 0.412. The van der Waals surface area contributed by atoms with Gasteiger partial charge in [0, 0.05) is 6.54 Å². The Kier molecular flexibility index (Phi) is 4.43. The molecule has 3 rings (SSSR count). The second-order valence-electron chi connectivity index (χ2n) is 5.86. The van der Waals surface area contributed by atoms with Gasteiger partial charge in [0.2, 0.25) is 0 Å². The number of carbonyl (C=O) groups is 1.